The second kappa shape index (κ2) is 7.69. The van der Waals surface area contributed by atoms with Crippen molar-refractivity contribution in [3.8, 4) is 0 Å². The lowest BCUT2D eigenvalue weighted by Gasteiger charge is -2.20. The number of carbonyl (C=O) groups is 1. The van der Waals surface area contributed by atoms with E-state index in [0.29, 0.717) is 17.5 Å². The van der Waals surface area contributed by atoms with Gasteiger partial charge in [-0.3, -0.25) is 4.79 Å². The molecule has 5 heteroatoms. The Bertz CT molecular complexity index is 1070. The lowest BCUT2D eigenvalue weighted by molar-refractivity contribution is 0.103. The second-order valence-electron chi connectivity index (χ2n) is 6.80. The van der Waals surface area contributed by atoms with Crippen LogP contribution in [0.2, 0.25) is 0 Å². The van der Waals surface area contributed by atoms with Gasteiger partial charge >= 0.3 is 0 Å². The molecule has 142 valence electrons. The van der Waals surface area contributed by atoms with Crippen molar-refractivity contribution in [2.24, 2.45) is 0 Å². The maximum absolute atomic E-state index is 13.2. The molecule has 0 aliphatic carbocycles. The number of nitrogens with zero attached hydrogens (tertiary/aromatic N) is 1. The zero-order chi connectivity index (χ0) is 19.6. The van der Waals surface area contributed by atoms with Crippen LogP contribution in [0.4, 0.5) is 0 Å². The average molecular weight is 384 g/mol. The summed E-state index contributed by atoms with van der Waals surface area (Å²) in [4.78, 5) is 13.2. The van der Waals surface area contributed by atoms with Crippen LogP contribution in [0.25, 0.3) is 10.9 Å². The van der Waals surface area contributed by atoms with Crippen molar-refractivity contribution in [3.63, 3.8) is 0 Å². The summed E-state index contributed by atoms with van der Waals surface area (Å²) in [5.41, 5.74) is 3.03. The molecular formula is C22H25NO3S. The first-order chi connectivity index (χ1) is 12.9. The minimum atomic E-state index is -3.13. The summed E-state index contributed by atoms with van der Waals surface area (Å²) in [7, 11) is -3.13. The molecular weight excluding hydrogens is 358 g/mol. The van der Waals surface area contributed by atoms with E-state index in [1.165, 1.54) is 0 Å². The number of fused-ring (bicyclic) bond motifs is 1. The predicted molar refractivity (Wildman–Crippen MR) is 110 cm³/mol. The Morgan fingerprint density at radius 3 is 2.26 bits per heavy atom. The number of hydrogen-bond donors (Lipinski definition) is 0. The molecule has 1 atom stereocenters. The van der Waals surface area contributed by atoms with Crippen LogP contribution in [-0.2, 0) is 9.84 Å². The Hall–Kier alpha value is -2.40. The third kappa shape index (κ3) is 3.69. The Morgan fingerprint density at radius 2 is 1.63 bits per heavy atom. The van der Waals surface area contributed by atoms with Gasteiger partial charge in [0, 0.05) is 34.0 Å². The van der Waals surface area contributed by atoms with E-state index in [4.69, 9.17) is 0 Å². The molecule has 1 aromatic heterocycles. The van der Waals surface area contributed by atoms with Gasteiger partial charge in [0.05, 0.1) is 11.3 Å². The molecule has 1 unspecified atom stereocenters. The first kappa shape index (κ1) is 19.4. The second-order valence-corrected chi connectivity index (χ2v) is 9.20. The van der Waals surface area contributed by atoms with Crippen LogP contribution in [0.3, 0.4) is 0 Å². The smallest absolute Gasteiger partial charge is 0.195 e. The standard InChI is InChI=1S/C22H25NO3S/c1-4-18(15-27(25,26)5-2)23-16(3)21(19-13-9-10-14-20(19)23)22(24)17-11-7-6-8-12-17/h6-14,18H,4-5,15H2,1-3H3. The molecule has 0 bridgehead atoms. The number of ketones is 1. The number of rotatable bonds is 7. The molecule has 0 aliphatic heterocycles. The van der Waals surface area contributed by atoms with E-state index in [0.717, 1.165) is 16.6 Å². The van der Waals surface area contributed by atoms with Crippen LogP contribution >= 0.6 is 0 Å². The van der Waals surface area contributed by atoms with Crippen LogP contribution in [-0.4, -0.2) is 30.3 Å². The topological polar surface area (TPSA) is 56.1 Å². The molecule has 0 fully saturated rings. The molecule has 3 rings (SSSR count). The summed E-state index contributed by atoms with van der Waals surface area (Å²) in [5, 5.41) is 0.871. The zero-order valence-electron chi connectivity index (χ0n) is 16.0. The monoisotopic (exact) mass is 383 g/mol. The highest BCUT2D eigenvalue weighted by atomic mass is 32.2. The molecule has 0 N–H and O–H groups in total. The molecule has 0 saturated heterocycles. The molecule has 0 radical (unpaired) electrons. The van der Waals surface area contributed by atoms with Gasteiger partial charge in [-0.1, -0.05) is 62.4 Å². The maximum atomic E-state index is 13.2. The van der Waals surface area contributed by atoms with E-state index in [9.17, 15) is 13.2 Å². The molecule has 2 aromatic carbocycles. The zero-order valence-corrected chi connectivity index (χ0v) is 16.8. The molecule has 3 aromatic rings. The lowest BCUT2D eigenvalue weighted by Crippen LogP contribution is -2.22. The van der Waals surface area contributed by atoms with Crippen LogP contribution in [0.1, 0.15) is 47.9 Å². The van der Waals surface area contributed by atoms with Crippen LogP contribution in [0.5, 0.6) is 0 Å². The predicted octanol–water partition coefficient (Wildman–Crippen LogP) is 4.57. The van der Waals surface area contributed by atoms with Crippen LogP contribution in [0, 0.1) is 6.92 Å². The summed E-state index contributed by atoms with van der Waals surface area (Å²) >= 11 is 0. The summed E-state index contributed by atoms with van der Waals surface area (Å²) in [6, 6.07) is 16.8. The number of carbonyl (C=O) groups excluding carboxylic acids is 1. The highest BCUT2D eigenvalue weighted by Crippen LogP contribution is 2.32. The van der Waals surface area contributed by atoms with E-state index < -0.39 is 9.84 Å². The minimum Gasteiger partial charge on any atom is -0.340 e. The summed E-state index contributed by atoms with van der Waals surface area (Å²) < 4.78 is 26.6. The fraction of sp³-hybridized carbons (Fsp3) is 0.318. The molecule has 1 heterocycles. The lowest BCUT2D eigenvalue weighted by atomic mass is 10.0. The Balaban J connectivity index is 2.21. The van der Waals surface area contributed by atoms with E-state index in [1.54, 1.807) is 6.92 Å². The summed E-state index contributed by atoms with van der Waals surface area (Å²) in [5.74, 6) is 0.173. The number of aromatic nitrogens is 1. The highest BCUT2D eigenvalue weighted by Gasteiger charge is 2.26. The van der Waals surface area contributed by atoms with Crippen molar-refractivity contribution in [2.45, 2.75) is 33.2 Å². The van der Waals surface area contributed by atoms with Gasteiger partial charge in [-0.2, -0.15) is 0 Å². The quantitative estimate of drug-likeness (QED) is 0.562. The summed E-state index contributed by atoms with van der Waals surface area (Å²) in [6.07, 6.45) is 0.678. The van der Waals surface area contributed by atoms with Gasteiger partial charge in [0.1, 0.15) is 0 Å². The third-order valence-corrected chi connectivity index (χ3v) is 6.91. The molecule has 0 amide bonds. The van der Waals surface area contributed by atoms with Crippen LogP contribution < -0.4 is 0 Å². The number of para-hydroxylation sites is 1. The van der Waals surface area contributed by atoms with Gasteiger partial charge in [0.2, 0.25) is 0 Å². The SMILES string of the molecule is CCC(CS(=O)(=O)CC)n1c(C)c(C(=O)c2ccccc2)c2ccccc21. The molecule has 27 heavy (non-hydrogen) atoms. The van der Waals surface area contributed by atoms with Crippen molar-refractivity contribution >= 4 is 26.5 Å². The Kier molecular flexibility index (Phi) is 5.51. The van der Waals surface area contributed by atoms with E-state index in [1.807, 2.05) is 73.0 Å². The molecule has 0 spiro atoms. The van der Waals surface area contributed by atoms with E-state index in [2.05, 4.69) is 0 Å². The van der Waals surface area contributed by atoms with Gasteiger partial charge in [0.25, 0.3) is 0 Å². The largest absolute Gasteiger partial charge is 0.340 e. The van der Waals surface area contributed by atoms with Crippen molar-refractivity contribution in [2.75, 3.05) is 11.5 Å². The average Bonchev–Trinajstić information content (AvgIpc) is 2.98. The molecule has 4 nitrogen and oxygen atoms in total. The van der Waals surface area contributed by atoms with Crippen molar-refractivity contribution in [3.05, 3.63) is 71.4 Å². The molecule has 0 saturated carbocycles. The fourth-order valence-electron chi connectivity index (χ4n) is 3.67. The minimum absolute atomic E-state index is 0.0312. The number of sulfone groups is 1. The van der Waals surface area contributed by atoms with Crippen LogP contribution in [0.15, 0.2) is 54.6 Å². The molecule has 0 aliphatic rings. The summed E-state index contributed by atoms with van der Waals surface area (Å²) in [6.45, 7) is 5.58. The third-order valence-electron chi connectivity index (χ3n) is 5.14. The highest BCUT2D eigenvalue weighted by molar-refractivity contribution is 7.91. The normalized spacial score (nSPS) is 13.0. The van der Waals surface area contributed by atoms with Crippen molar-refractivity contribution < 1.29 is 13.2 Å². The Morgan fingerprint density at radius 1 is 1.00 bits per heavy atom. The van der Waals surface area contributed by atoms with Crippen molar-refractivity contribution in [1.29, 1.82) is 0 Å². The maximum Gasteiger partial charge on any atom is 0.195 e. The van der Waals surface area contributed by atoms with E-state index in [-0.39, 0.29) is 23.3 Å². The van der Waals surface area contributed by atoms with Gasteiger partial charge in [-0.25, -0.2) is 8.42 Å². The Labute approximate surface area is 160 Å². The number of hydrogen-bond acceptors (Lipinski definition) is 3. The first-order valence-electron chi connectivity index (χ1n) is 9.29. The van der Waals surface area contributed by atoms with Gasteiger partial charge in [-0.15, -0.1) is 0 Å². The van der Waals surface area contributed by atoms with E-state index >= 15 is 0 Å². The van der Waals surface area contributed by atoms with Gasteiger partial charge < -0.3 is 4.57 Å². The fourth-order valence-corrected chi connectivity index (χ4v) is 4.87. The van der Waals surface area contributed by atoms with Gasteiger partial charge in [-0.05, 0) is 19.4 Å². The number of benzene rings is 2. The van der Waals surface area contributed by atoms with Gasteiger partial charge in [0.15, 0.2) is 15.6 Å². The van der Waals surface area contributed by atoms with Crippen molar-refractivity contribution in [1.82, 2.24) is 4.57 Å². The first-order valence-corrected chi connectivity index (χ1v) is 11.1.